The molecule has 35 heavy (non-hydrogen) atoms. The largest absolute Gasteiger partial charge is 0.375 e. The van der Waals surface area contributed by atoms with Crippen molar-refractivity contribution in [3.05, 3.63) is 76.6 Å². The first-order valence-corrected chi connectivity index (χ1v) is 13.9. The van der Waals surface area contributed by atoms with Gasteiger partial charge in [0.25, 0.3) is 0 Å². The first-order chi connectivity index (χ1) is 16.5. The number of rotatable bonds is 6. The van der Waals surface area contributed by atoms with E-state index in [0.717, 1.165) is 6.07 Å². The minimum atomic E-state index is -2.64. The Labute approximate surface area is 206 Å². The number of nitrogens with one attached hydrogen (secondary N) is 1. The van der Waals surface area contributed by atoms with E-state index in [9.17, 15) is 8.96 Å². The highest BCUT2D eigenvalue weighted by molar-refractivity contribution is 7.69. The molecule has 1 aromatic carbocycles. The van der Waals surface area contributed by atoms with E-state index in [1.54, 1.807) is 20.3 Å². The number of hydrogen-bond donors (Lipinski definition) is 1. The normalized spacial score (nSPS) is 12.7. The maximum absolute atomic E-state index is 16.0. The Hall–Kier alpha value is -2.96. The Morgan fingerprint density at radius 1 is 1.11 bits per heavy atom. The van der Waals surface area contributed by atoms with Crippen molar-refractivity contribution in [2.24, 2.45) is 0 Å². The summed E-state index contributed by atoms with van der Waals surface area (Å²) in [5.74, 6) is -2.23. The Kier molecular flexibility index (Phi) is 6.89. The van der Waals surface area contributed by atoms with Crippen molar-refractivity contribution in [2.75, 3.05) is 18.6 Å². The van der Waals surface area contributed by atoms with E-state index in [4.69, 9.17) is 11.6 Å². The SMILES string of the molecule is CCC(Nc1c(Cl)c(C)nc2cc(F)c(-c3ccc(P(C)(C)=O)nc3)c(F)c12)c1ncccc1F. The summed E-state index contributed by atoms with van der Waals surface area (Å²) < 4.78 is 57.9. The number of benzene rings is 1. The third kappa shape index (κ3) is 4.78. The molecule has 1 N–H and O–H groups in total. The smallest absolute Gasteiger partial charge is 0.146 e. The molecule has 0 aliphatic heterocycles. The summed E-state index contributed by atoms with van der Waals surface area (Å²) in [5, 5.41) is 3.22. The van der Waals surface area contributed by atoms with Crippen molar-refractivity contribution < 1.29 is 17.7 Å². The first kappa shape index (κ1) is 25.1. The lowest BCUT2D eigenvalue weighted by Crippen LogP contribution is -2.15. The average molecular weight is 519 g/mol. The van der Waals surface area contributed by atoms with Gasteiger partial charge in [-0.2, -0.15) is 0 Å². The van der Waals surface area contributed by atoms with Crippen molar-refractivity contribution in [1.82, 2.24) is 15.0 Å². The number of nitrogens with zero attached hydrogens (tertiary/aromatic N) is 3. The molecule has 5 nitrogen and oxygen atoms in total. The zero-order chi connectivity index (χ0) is 25.5. The minimum Gasteiger partial charge on any atom is -0.375 e. The van der Waals surface area contributed by atoms with Crippen LogP contribution in [-0.4, -0.2) is 28.3 Å². The number of halogens is 4. The molecule has 0 aliphatic carbocycles. The lowest BCUT2D eigenvalue weighted by molar-refractivity contribution is 0.572. The van der Waals surface area contributed by atoms with E-state index >= 15 is 8.78 Å². The van der Waals surface area contributed by atoms with Crippen LogP contribution in [0.2, 0.25) is 5.02 Å². The zero-order valence-corrected chi connectivity index (χ0v) is 21.2. The summed E-state index contributed by atoms with van der Waals surface area (Å²) in [6.07, 6.45) is 3.18. The molecular weight excluding hydrogens is 496 g/mol. The maximum Gasteiger partial charge on any atom is 0.146 e. The predicted octanol–water partition coefficient (Wildman–Crippen LogP) is 6.88. The monoisotopic (exact) mass is 518 g/mol. The maximum atomic E-state index is 16.0. The highest BCUT2D eigenvalue weighted by Crippen LogP contribution is 2.41. The fraction of sp³-hybridized carbons (Fsp3) is 0.240. The van der Waals surface area contributed by atoms with Gasteiger partial charge in [-0.15, -0.1) is 0 Å². The van der Waals surface area contributed by atoms with Gasteiger partial charge in [-0.05, 0) is 44.9 Å². The fourth-order valence-corrected chi connectivity index (χ4v) is 4.86. The number of anilines is 1. The van der Waals surface area contributed by atoms with E-state index in [1.807, 2.05) is 6.92 Å². The molecule has 1 unspecified atom stereocenters. The predicted molar refractivity (Wildman–Crippen MR) is 135 cm³/mol. The van der Waals surface area contributed by atoms with Crippen LogP contribution in [0.4, 0.5) is 18.9 Å². The molecule has 0 aliphatic rings. The number of fused-ring (bicyclic) bond motifs is 1. The molecule has 0 amide bonds. The third-order valence-electron chi connectivity index (χ3n) is 5.70. The number of aromatic nitrogens is 3. The highest BCUT2D eigenvalue weighted by Gasteiger charge is 2.25. The van der Waals surface area contributed by atoms with Crippen LogP contribution in [0.15, 0.2) is 42.7 Å². The second kappa shape index (κ2) is 9.59. The zero-order valence-electron chi connectivity index (χ0n) is 19.5. The van der Waals surface area contributed by atoms with Gasteiger partial charge in [-0.1, -0.05) is 24.6 Å². The second-order valence-electron chi connectivity index (χ2n) is 8.56. The Morgan fingerprint density at radius 3 is 2.46 bits per heavy atom. The number of hydrogen-bond acceptors (Lipinski definition) is 5. The molecule has 4 rings (SSSR count). The summed E-state index contributed by atoms with van der Waals surface area (Å²) in [6.45, 7) is 6.57. The minimum absolute atomic E-state index is 0.0347. The van der Waals surface area contributed by atoms with Gasteiger partial charge in [0.2, 0.25) is 0 Å². The van der Waals surface area contributed by atoms with Crippen LogP contribution in [0.3, 0.4) is 0 Å². The fourth-order valence-electron chi connectivity index (χ4n) is 3.90. The molecule has 3 aromatic heterocycles. The molecule has 0 fully saturated rings. The topological polar surface area (TPSA) is 67.8 Å². The molecular formula is C25H23ClF3N4OP. The van der Waals surface area contributed by atoms with Crippen molar-refractivity contribution in [3.63, 3.8) is 0 Å². The van der Waals surface area contributed by atoms with Crippen LogP contribution in [-0.2, 0) is 4.57 Å². The van der Waals surface area contributed by atoms with Crippen LogP contribution in [0.25, 0.3) is 22.0 Å². The van der Waals surface area contributed by atoms with Crippen molar-refractivity contribution in [1.29, 1.82) is 0 Å². The Bertz CT molecular complexity index is 1470. The van der Waals surface area contributed by atoms with Crippen molar-refractivity contribution in [3.8, 4) is 11.1 Å². The van der Waals surface area contributed by atoms with Gasteiger partial charge in [-0.25, -0.2) is 13.2 Å². The standard InChI is InChI=1S/C25H23ClF3N4OP/c1-5-17(24-15(27)7-6-10-30-24)33-25-21-18(32-13(2)22(25)26)11-16(28)20(23(21)29)14-8-9-19(31-12-14)35(3,4)34/h6-12,17H,5H2,1-4H3,(H,32,33). The quantitative estimate of drug-likeness (QED) is 0.282. The second-order valence-corrected chi connectivity index (χ2v) is 12.1. The van der Waals surface area contributed by atoms with E-state index in [-0.39, 0.29) is 38.4 Å². The first-order valence-electron chi connectivity index (χ1n) is 10.9. The lowest BCUT2D eigenvalue weighted by Gasteiger charge is -2.22. The molecule has 0 radical (unpaired) electrons. The van der Waals surface area contributed by atoms with Crippen LogP contribution < -0.4 is 10.8 Å². The summed E-state index contributed by atoms with van der Waals surface area (Å²) in [6, 6.07) is 6.24. The molecule has 182 valence electrons. The Balaban J connectivity index is 1.92. The van der Waals surface area contributed by atoms with Crippen molar-refractivity contribution >= 4 is 40.8 Å². The van der Waals surface area contributed by atoms with Crippen LogP contribution in [0.5, 0.6) is 0 Å². The highest BCUT2D eigenvalue weighted by atomic mass is 35.5. The van der Waals surface area contributed by atoms with Gasteiger partial charge in [0.1, 0.15) is 24.6 Å². The molecule has 3 heterocycles. The van der Waals surface area contributed by atoms with Gasteiger partial charge in [-0.3, -0.25) is 15.0 Å². The van der Waals surface area contributed by atoms with Crippen LogP contribution in [0, 0.1) is 24.4 Å². The summed E-state index contributed by atoms with van der Waals surface area (Å²) >= 11 is 6.54. The molecule has 4 aromatic rings. The molecule has 0 bridgehead atoms. The summed E-state index contributed by atoms with van der Waals surface area (Å²) in [7, 11) is -2.64. The van der Waals surface area contributed by atoms with Gasteiger partial charge >= 0.3 is 0 Å². The van der Waals surface area contributed by atoms with Gasteiger partial charge < -0.3 is 9.88 Å². The van der Waals surface area contributed by atoms with Crippen LogP contribution in [0.1, 0.15) is 30.8 Å². The average Bonchev–Trinajstić information content (AvgIpc) is 2.80. The molecule has 10 heteroatoms. The van der Waals surface area contributed by atoms with Crippen molar-refractivity contribution in [2.45, 2.75) is 26.3 Å². The molecule has 0 spiro atoms. The summed E-state index contributed by atoms with van der Waals surface area (Å²) in [5.41, 5.74) is 0.942. The van der Waals surface area contributed by atoms with E-state index in [0.29, 0.717) is 17.5 Å². The summed E-state index contributed by atoms with van der Waals surface area (Å²) in [4.78, 5) is 12.5. The molecule has 0 saturated carbocycles. The van der Waals surface area contributed by atoms with E-state index in [1.165, 1.54) is 36.7 Å². The lowest BCUT2D eigenvalue weighted by atomic mass is 10.0. The molecule has 0 saturated heterocycles. The van der Waals surface area contributed by atoms with Gasteiger partial charge in [0.15, 0.2) is 0 Å². The van der Waals surface area contributed by atoms with Crippen LogP contribution >= 0.6 is 18.7 Å². The molecule has 1 atom stereocenters. The third-order valence-corrected chi connectivity index (χ3v) is 7.54. The van der Waals surface area contributed by atoms with E-state index < -0.39 is 30.6 Å². The number of aryl methyl sites for hydroxylation is 1. The van der Waals surface area contributed by atoms with Gasteiger partial charge in [0, 0.05) is 24.0 Å². The van der Waals surface area contributed by atoms with Gasteiger partial charge in [0.05, 0.1) is 50.0 Å². The van der Waals surface area contributed by atoms with E-state index in [2.05, 4.69) is 20.3 Å². The number of pyridine rings is 3. The Morgan fingerprint density at radius 2 is 1.86 bits per heavy atom.